The summed E-state index contributed by atoms with van der Waals surface area (Å²) in [6.07, 6.45) is 10.7. The number of hydrogen-bond donors (Lipinski definition) is 1. The van der Waals surface area contributed by atoms with E-state index in [1.165, 1.54) is 25.7 Å². The summed E-state index contributed by atoms with van der Waals surface area (Å²) in [5.41, 5.74) is 0.611. The number of nitrogens with zero attached hydrogens (tertiary/aromatic N) is 1. The minimum absolute atomic E-state index is 0.147. The highest BCUT2D eigenvalue weighted by atomic mass is 16.3. The van der Waals surface area contributed by atoms with E-state index in [0.717, 1.165) is 32.1 Å². The fourth-order valence-electron chi connectivity index (χ4n) is 9.80. The molecule has 4 fully saturated rings. The van der Waals surface area contributed by atoms with Crippen LogP contribution in [-0.4, -0.2) is 17.0 Å². The smallest absolute Gasteiger partial charge is 0.129 e. The van der Waals surface area contributed by atoms with E-state index in [0.29, 0.717) is 59.0 Å². The molecule has 174 valence electrons. The van der Waals surface area contributed by atoms with Crippen molar-refractivity contribution in [3.05, 3.63) is 0 Å². The highest BCUT2D eigenvalue weighted by molar-refractivity contribution is 5.75. The summed E-state index contributed by atoms with van der Waals surface area (Å²) in [5, 5.41) is 20.9. The first-order chi connectivity index (χ1) is 14.7. The van der Waals surface area contributed by atoms with Gasteiger partial charge >= 0.3 is 0 Å². The maximum absolute atomic E-state index is 11.6. The number of carbonyl (C=O) groups is 1. The lowest BCUT2D eigenvalue weighted by molar-refractivity contribution is -0.169. The summed E-state index contributed by atoms with van der Waals surface area (Å²) >= 11 is 0. The zero-order chi connectivity index (χ0) is 22.6. The fraction of sp³-hybridized carbons (Fsp3) is 0.929. The van der Waals surface area contributed by atoms with Crippen LogP contribution in [0.5, 0.6) is 0 Å². The van der Waals surface area contributed by atoms with Gasteiger partial charge in [0.15, 0.2) is 0 Å². The number of aliphatic hydroxyl groups is 1. The summed E-state index contributed by atoms with van der Waals surface area (Å²) in [5.74, 6) is 4.50. The summed E-state index contributed by atoms with van der Waals surface area (Å²) < 4.78 is 0. The molecular weight excluding hydrogens is 382 g/mol. The first kappa shape index (κ1) is 23.3. The zero-order valence-corrected chi connectivity index (χ0v) is 20.6. The Morgan fingerprint density at radius 2 is 1.77 bits per heavy atom. The maximum atomic E-state index is 11.6. The average molecular weight is 428 g/mol. The number of Topliss-reactive ketones (excluding diaryl/α,β-unsaturated/α-hetero) is 1. The van der Waals surface area contributed by atoms with Gasteiger partial charge in [-0.05, 0) is 111 Å². The first-order valence-corrected chi connectivity index (χ1v) is 13.2. The molecule has 3 heteroatoms. The standard InChI is InChI=1S/C28H45NO2/c1-6-20-21(16-29)26-23-10-9-22(17(2)7-8-18(3)30)27(23,4)14-12-24(26)28(5)13-11-19(31)15-25(20)28/h17,19-26,31H,6-15H2,1-5H3/t17-,19-,20+,21-,22-,23?,24+,25?,26?,27?,28?/m1/s1. The van der Waals surface area contributed by atoms with E-state index in [1.54, 1.807) is 6.92 Å². The van der Waals surface area contributed by atoms with Crippen molar-refractivity contribution < 1.29 is 9.90 Å². The molecule has 0 aromatic heterocycles. The maximum Gasteiger partial charge on any atom is 0.129 e. The predicted octanol–water partition coefficient (Wildman–Crippen LogP) is 6.40. The van der Waals surface area contributed by atoms with Crippen LogP contribution in [0.2, 0.25) is 0 Å². The first-order valence-electron chi connectivity index (χ1n) is 13.2. The molecule has 0 heterocycles. The van der Waals surface area contributed by atoms with Crippen molar-refractivity contribution >= 4 is 5.78 Å². The van der Waals surface area contributed by atoms with Crippen LogP contribution in [0.4, 0.5) is 0 Å². The molecule has 0 amide bonds. The van der Waals surface area contributed by atoms with E-state index < -0.39 is 0 Å². The molecule has 3 nitrogen and oxygen atoms in total. The number of fused-ring (bicyclic) bond motifs is 5. The molecule has 0 saturated heterocycles. The van der Waals surface area contributed by atoms with Crippen molar-refractivity contribution in [2.45, 2.75) is 105 Å². The van der Waals surface area contributed by atoms with Gasteiger partial charge in [0.25, 0.3) is 0 Å². The predicted molar refractivity (Wildman–Crippen MR) is 124 cm³/mol. The average Bonchev–Trinajstić information content (AvgIpc) is 3.09. The normalized spacial score (nSPS) is 50.0. The van der Waals surface area contributed by atoms with Gasteiger partial charge in [-0.1, -0.05) is 34.1 Å². The number of carbonyl (C=O) groups excluding carboxylic acids is 1. The van der Waals surface area contributed by atoms with Crippen molar-refractivity contribution in [3.8, 4) is 6.07 Å². The third-order valence-electron chi connectivity index (χ3n) is 11.3. The Hall–Kier alpha value is -0.880. The molecular formula is C28H45NO2. The van der Waals surface area contributed by atoms with Gasteiger partial charge in [0.05, 0.1) is 18.1 Å². The van der Waals surface area contributed by atoms with Crippen molar-refractivity contribution in [1.82, 2.24) is 0 Å². The Morgan fingerprint density at radius 1 is 1.10 bits per heavy atom. The lowest BCUT2D eigenvalue weighted by atomic mass is 9.40. The van der Waals surface area contributed by atoms with Gasteiger partial charge in [-0.2, -0.15) is 5.26 Å². The second-order valence-corrected chi connectivity index (χ2v) is 12.5. The van der Waals surface area contributed by atoms with E-state index in [1.807, 2.05) is 0 Å². The molecule has 0 spiro atoms. The largest absolute Gasteiger partial charge is 0.393 e. The minimum Gasteiger partial charge on any atom is -0.393 e. The van der Waals surface area contributed by atoms with E-state index >= 15 is 0 Å². The van der Waals surface area contributed by atoms with Crippen LogP contribution < -0.4 is 0 Å². The summed E-state index contributed by atoms with van der Waals surface area (Å²) in [4.78, 5) is 11.6. The van der Waals surface area contributed by atoms with Crippen molar-refractivity contribution in [2.24, 2.45) is 58.2 Å². The van der Waals surface area contributed by atoms with Crippen molar-refractivity contribution in [1.29, 1.82) is 5.26 Å². The number of hydrogen-bond acceptors (Lipinski definition) is 3. The molecule has 0 aromatic carbocycles. The number of ketones is 1. The molecule has 0 aliphatic heterocycles. The second kappa shape index (κ2) is 8.48. The Labute approximate surface area is 190 Å². The van der Waals surface area contributed by atoms with E-state index in [2.05, 4.69) is 33.8 Å². The number of nitriles is 1. The Balaban J connectivity index is 1.66. The summed E-state index contributed by atoms with van der Waals surface area (Å²) in [7, 11) is 0. The summed E-state index contributed by atoms with van der Waals surface area (Å²) in [6.45, 7) is 11.5. The second-order valence-electron chi connectivity index (χ2n) is 12.5. The van der Waals surface area contributed by atoms with E-state index in [-0.39, 0.29) is 17.4 Å². The van der Waals surface area contributed by atoms with Gasteiger partial charge in [-0.25, -0.2) is 0 Å². The van der Waals surface area contributed by atoms with Crippen LogP contribution in [0.15, 0.2) is 0 Å². The third kappa shape index (κ3) is 3.60. The van der Waals surface area contributed by atoms with E-state index in [9.17, 15) is 15.2 Å². The van der Waals surface area contributed by atoms with Crippen LogP contribution >= 0.6 is 0 Å². The molecule has 4 aliphatic rings. The Bertz CT molecular complexity index is 727. The summed E-state index contributed by atoms with van der Waals surface area (Å²) in [6, 6.07) is 2.86. The zero-order valence-electron chi connectivity index (χ0n) is 20.6. The molecule has 31 heavy (non-hydrogen) atoms. The van der Waals surface area contributed by atoms with Gasteiger partial charge in [-0.3, -0.25) is 0 Å². The lowest BCUT2D eigenvalue weighted by Crippen LogP contribution is -2.60. The van der Waals surface area contributed by atoms with Crippen LogP contribution in [-0.2, 0) is 4.79 Å². The SMILES string of the molecule is CC[C@@H]1C2C[C@H](O)CCC2(C)[C@H]2CCC3(C)C(CC[C@@H]3[C@H](C)CCC(C)=O)C2[C@@H]1C#N. The van der Waals surface area contributed by atoms with Gasteiger partial charge in [0.2, 0.25) is 0 Å². The van der Waals surface area contributed by atoms with E-state index in [4.69, 9.17) is 0 Å². The monoisotopic (exact) mass is 427 g/mol. The van der Waals surface area contributed by atoms with Gasteiger partial charge < -0.3 is 9.90 Å². The quantitative estimate of drug-likeness (QED) is 0.552. The molecule has 1 N–H and O–H groups in total. The van der Waals surface area contributed by atoms with Crippen LogP contribution in [0.25, 0.3) is 0 Å². The van der Waals surface area contributed by atoms with Crippen molar-refractivity contribution in [2.75, 3.05) is 0 Å². The van der Waals surface area contributed by atoms with Crippen molar-refractivity contribution in [3.63, 3.8) is 0 Å². The molecule has 4 saturated carbocycles. The molecule has 0 aromatic rings. The third-order valence-corrected chi connectivity index (χ3v) is 11.3. The molecule has 0 bridgehead atoms. The Morgan fingerprint density at radius 3 is 2.42 bits per heavy atom. The fourth-order valence-corrected chi connectivity index (χ4v) is 9.80. The number of rotatable bonds is 5. The van der Waals surface area contributed by atoms with Gasteiger partial charge in [0.1, 0.15) is 5.78 Å². The van der Waals surface area contributed by atoms with Crippen LogP contribution in [0, 0.1) is 69.5 Å². The Kier molecular flexibility index (Phi) is 6.37. The lowest BCUT2D eigenvalue weighted by Gasteiger charge is -2.64. The molecule has 11 atom stereocenters. The highest BCUT2D eigenvalue weighted by Crippen LogP contribution is 2.70. The minimum atomic E-state index is -0.171. The molecule has 4 aliphatic carbocycles. The van der Waals surface area contributed by atoms with Crippen LogP contribution in [0.3, 0.4) is 0 Å². The number of aliphatic hydroxyl groups excluding tert-OH is 1. The molecule has 0 radical (unpaired) electrons. The molecule has 4 rings (SSSR count). The topological polar surface area (TPSA) is 61.1 Å². The van der Waals surface area contributed by atoms with Crippen LogP contribution in [0.1, 0.15) is 98.8 Å². The van der Waals surface area contributed by atoms with Gasteiger partial charge in [-0.15, -0.1) is 0 Å². The van der Waals surface area contributed by atoms with Gasteiger partial charge in [0, 0.05) is 6.42 Å². The molecule has 5 unspecified atom stereocenters. The highest BCUT2D eigenvalue weighted by Gasteiger charge is 2.65.